The molecule has 1 aliphatic rings. The molecule has 1 aliphatic heterocycles. The number of likely N-dealkylation sites (tertiary alicyclic amines) is 1. The number of carbonyl (C=O) groups is 1. The van der Waals surface area contributed by atoms with Crippen LogP contribution in [0.4, 0.5) is 13.2 Å². The van der Waals surface area contributed by atoms with Crippen LogP contribution in [0.15, 0.2) is 0 Å². The van der Waals surface area contributed by atoms with Crippen molar-refractivity contribution in [2.45, 2.75) is 31.9 Å². The first-order chi connectivity index (χ1) is 7.42. The molecule has 0 aromatic rings. The summed E-state index contributed by atoms with van der Waals surface area (Å²) in [4.78, 5) is 12.9. The van der Waals surface area contributed by atoms with Crippen LogP contribution >= 0.6 is 11.6 Å². The van der Waals surface area contributed by atoms with Gasteiger partial charge in [0.05, 0.1) is 6.42 Å². The molecule has 1 saturated heterocycles. The highest BCUT2D eigenvalue weighted by molar-refractivity contribution is 6.18. The van der Waals surface area contributed by atoms with Crippen LogP contribution in [-0.4, -0.2) is 36.0 Å². The quantitative estimate of drug-likeness (QED) is 0.712. The monoisotopic (exact) mass is 257 g/mol. The first-order valence-electron chi connectivity index (χ1n) is 5.33. The number of nitrogens with zero attached hydrogens (tertiary/aromatic N) is 1. The highest BCUT2D eigenvalue weighted by atomic mass is 35.5. The average molecular weight is 258 g/mol. The summed E-state index contributed by atoms with van der Waals surface area (Å²) < 4.78 is 35.7. The normalized spacial score (nSPS) is 18.9. The third-order valence-corrected chi connectivity index (χ3v) is 3.24. The molecule has 0 bridgehead atoms. The molecule has 0 aliphatic carbocycles. The lowest BCUT2D eigenvalue weighted by Gasteiger charge is -2.31. The molecular weight excluding hydrogens is 243 g/mol. The number of carbonyl (C=O) groups excluding carboxylic acids is 1. The van der Waals surface area contributed by atoms with Gasteiger partial charge in [-0.3, -0.25) is 4.79 Å². The summed E-state index contributed by atoms with van der Waals surface area (Å²) in [7, 11) is 0. The van der Waals surface area contributed by atoms with Gasteiger partial charge in [0, 0.05) is 25.4 Å². The zero-order chi connectivity index (χ0) is 12.2. The first-order valence-corrected chi connectivity index (χ1v) is 5.86. The van der Waals surface area contributed by atoms with Gasteiger partial charge in [0.2, 0.25) is 5.91 Å². The van der Waals surface area contributed by atoms with Crippen molar-refractivity contribution in [2.24, 2.45) is 5.92 Å². The van der Waals surface area contributed by atoms with E-state index in [9.17, 15) is 18.0 Å². The van der Waals surface area contributed by atoms with Crippen molar-refractivity contribution in [1.82, 2.24) is 4.90 Å². The summed E-state index contributed by atoms with van der Waals surface area (Å²) in [6.07, 6.45) is -4.12. The smallest absolute Gasteiger partial charge is 0.343 e. The van der Waals surface area contributed by atoms with E-state index in [-0.39, 0.29) is 0 Å². The molecule has 0 N–H and O–H groups in total. The number of halogens is 4. The summed E-state index contributed by atoms with van der Waals surface area (Å²) in [5.74, 6) is 0.559. The van der Waals surface area contributed by atoms with Crippen LogP contribution in [0.3, 0.4) is 0 Å². The van der Waals surface area contributed by atoms with Crippen LogP contribution in [0.25, 0.3) is 0 Å². The summed E-state index contributed by atoms with van der Waals surface area (Å²) in [5, 5.41) is 0. The molecule has 94 valence electrons. The molecule has 0 radical (unpaired) electrons. The number of rotatable bonds is 3. The Balaban J connectivity index is 2.28. The molecule has 0 saturated carbocycles. The molecule has 0 unspecified atom stereocenters. The number of hydrogen-bond donors (Lipinski definition) is 0. The fourth-order valence-corrected chi connectivity index (χ4v) is 2.05. The van der Waals surface area contributed by atoms with Gasteiger partial charge in [-0.25, -0.2) is 0 Å². The maximum atomic E-state index is 11.9. The van der Waals surface area contributed by atoms with E-state index in [1.807, 2.05) is 0 Å². The fraction of sp³-hybridized carbons (Fsp3) is 0.900. The molecule has 1 rings (SSSR count). The molecule has 0 aromatic heterocycles. The minimum Gasteiger partial charge on any atom is -0.343 e. The standard InChI is InChI=1S/C10H15ClF3NO/c11-7-8-2-5-15(6-3-8)9(16)1-4-10(12,13)14/h8H,1-7H2. The van der Waals surface area contributed by atoms with Gasteiger partial charge < -0.3 is 4.90 Å². The molecule has 16 heavy (non-hydrogen) atoms. The molecule has 1 fully saturated rings. The van der Waals surface area contributed by atoms with Gasteiger partial charge in [0.25, 0.3) is 0 Å². The van der Waals surface area contributed by atoms with E-state index in [2.05, 4.69) is 0 Å². The topological polar surface area (TPSA) is 20.3 Å². The van der Waals surface area contributed by atoms with Crippen molar-refractivity contribution >= 4 is 17.5 Å². The summed E-state index contributed by atoms with van der Waals surface area (Å²) in [6.45, 7) is 1.07. The van der Waals surface area contributed by atoms with Crippen LogP contribution in [0.5, 0.6) is 0 Å². The Morgan fingerprint density at radius 1 is 1.31 bits per heavy atom. The van der Waals surface area contributed by atoms with Crippen molar-refractivity contribution in [3.63, 3.8) is 0 Å². The van der Waals surface area contributed by atoms with E-state index in [0.29, 0.717) is 24.9 Å². The Bertz CT molecular complexity index is 237. The maximum absolute atomic E-state index is 11.9. The van der Waals surface area contributed by atoms with Crippen LogP contribution in [0.1, 0.15) is 25.7 Å². The SMILES string of the molecule is O=C(CCC(F)(F)F)N1CCC(CCl)CC1. The van der Waals surface area contributed by atoms with Crippen molar-refractivity contribution in [3.8, 4) is 0 Å². The van der Waals surface area contributed by atoms with Gasteiger partial charge >= 0.3 is 6.18 Å². The van der Waals surface area contributed by atoms with Gasteiger partial charge in [-0.2, -0.15) is 13.2 Å². The first kappa shape index (κ1) is 13.6. The lowest BCUT2D eigenvalue weighted by Crippen LogP contribution is -2.39. The third kappa shape index (κ3) is 4.60. The molecule has 1 amide bonds. The Hall–Kier alpha value is -0.450. The van der Waals surface area contributed by atoms with E-state index >= 15 is 0 Å². The largest absolute Gasteiger partial charge is 0.389 e. The zero-order valence-electron chi connectivity index (χ0n) is 8.89. The van der Waals surface area contributed by atoms with Crippen molar-refractivity contribution < 1.29 is 18.0 Å². The van der Waals surface area contributed by atoms with Gasteiger partial charge in [-0.15, -0.1) is 11.6 Å². The molecule has 2 nitrogen and oxygen atoms in total. The van der Waals surface area contributed by atoms with E-state index in [1.165, 1.54) is 4.90 Å². The second-order valence-electron chi connectivity index (χ2n) is 4.09. The Morgan fingerprint density at radius 2 is 1.88 bits per heavy atom. The highest BCUT2D eigenvalue weighted by Crippen LogP contribution is 2.23. The fourth-order valence-electron chi connectivity index (χ4n) is 1.74. The third-order valence-electron chi connectivity index (χ3n) is 2.81. The molecule has 0 atom stereocenters. The van der Waals surface area contributed by atoms with E-state index in [4.69, 9.17) is 11.6 Å². The lowest BCUT2D eigenvalue weighted by molar-refractivity contribution is -0.149. The Kier molecular flexibility index (Phi) is 4.89. The average Bonchev–Trinajstić information content (AvgIpc) is 2.25. The van der Waals surface area contributed by atoms with E-state index in [1.54, 1.807) is 0 Å². The van der Waals surface area contributed by atoms with Gasteiger partial charge in [0.15, 0.2) is 0 Å². The van der Waals surface area contributed by atoms with Crippen molar-refractivity contribution in [1.29, 1.82) is 0 Å². The number of amides is 1. The second-order valence-corrected chi connectivity index (χ2v) is 4.40. The van der Waals surface area contributed by atoms with E-state index in [0.717, 1.165) is 12.8 Å². The molecule has 0 aromatic carbocycles. The van der Waals surface area contributed by atoms with Gasteiger partial charge in [-0.05, 0) is 18.8 Å². The van der Waals surface area contributed by atoms with Crippen LogP contribution in [0, 0.1) is 5.92 Å². The zero-order valence-corrected chi connectivity index (χ0v) is 9.65. The predicted molar refractivity (Wildman–Crippen MR) is 55.3 cm³/mol. The van der Waals surface area contributed by atoms with Crippen LogP contribution in [0.2, 0.25) is 0 Å². The number of piperidine rings is 1. The predicted octanol–water partition coefficient (Wildman–Crippen LogP) is 2.81. The van der Waals surface area contributed by atoms with Crippen molar-refractivity contribution in [2.75, 3.05) is 19.0 Å². The van der Waals surface area contributed by atoms with Gasteiger partial charge in [0.1, 0.15) is 0 Å². The molecule has 6 heteroatoms. The summed E-state index contributed by atoms with van der Waals surface area (Å²) in [6, 6.07) is 0. The Labute approximate surface area is 97.7 Å². The second kappa shape index (κ2) is 5.75. The van der Waals surface area contributed by atoms with Crippen LogP contribution < -0.4 is 0 Å². The Morgan fingerprint density at radius 3 is 2.31 bits per heavy atom. The lowest BCUT2D eigenvalue weighted by atomic mass is 9.99. The van der Waals surface area contributed by atoms with E-state index < -0.39 is 24.9 Å². The van der Waals surface area contributed by atoms with Gasteiger partial charge in [-0.1, -0.05) is 0 Å². The highest BCUT2D eigenvalue weighted by Gasteiger charge is 2.30. The summed E-state index contributed by atoms with van der Waals surface area (Å²) in [5.41, 5.74) is 0. The molecule has 0 spiro atoms. The molecule has 1 heterocycles. The van der Waals surface area contributed by atoms with Crippen molar-refractivity contribution in [3.05, 3.63) is 0 Å². The number of hydrogen-bond acceptors (Lipinski definition) is 1. The number of alkyl halides is 4. The summed E-state index contributed by atoms with van der Waals surface area (Å²) >= 11 is 5.68. The minimum atomic E-state index is -4.25. The minimum absolute atomic E-state index is 0.397. The maximum Gasteiger partial charge on any atom is 0.389 e. The van der Waals surface area contributed by atoms with Crippen LogP contribution in [-0.2, 0) is 4.79 Å². The molecular formula is C10H15ClF3NO.